The van der Waals surface area contributed by atoms with E-state index in [1.807, 2.05) is 13.8 Å². The Balaban J connectivity index is 2.76. The summed E-state index contributed by atoms with van der Waals surface area (Å²) in [5.74, 6) is 2.20. The van der Waals surface area contributed by atoms with E-state index in [0.717, 1.165) is 24.3 Å². The number of aryl methyl sites for hydroxylation is 1. The third kappa shape index (κ3) is 3.34. The molecule has 1 unspecified atom stereocenters. The second kappa shape index (κ2) is 5.31. The highest BCUT2D eigenvalue weighted by Crippen LogP contribution is 2.19. The first-order valence-corrected chi connectivity index (χ1v) is 5.67. The van der Waals surface area contributed by atoms with Gasteiger partial charge < -0.3 is 5.32 Å². The minimum atomic E-state index is 0.536. The van der Waals surface area contributed by atoms with E-state index in [9.17, 15) is 0 Å². The number of anilines is 1. The normalized spacial score (nSPS) is 12.6. The molecule has 0 aromatic carbocycles. The fourth-order valence-corrected chi connectivity index (χ4v) is 1.39. The molecule has 0 saturated carbocycles. The van der Waals surface area contributed by atoms with Gasteiger partial charge in [-0.3, -0.25) is 0 Å². The van der Waals surface area contributed by atoms with Gasteiger partial charge in [0.15, 0.2) is 0 Å². The minimum Gasteiger partial charge on any atom is -0.369 e. The molecule has 1 N–H and O–H groups in total. The molecule has 0 radical (unpaired) electrons. The summed E-state index contributed by atoms with van der Waals surface area (Å²) in [4.78, 5) is 8.43. The second-order valence-corrected chi connectivity index (χ2v) is 4.29. The summed E-state index contributed by atoms with van der Waals surface area (Å²) in [6, 6.07) is 0. The van der Waals surface area contributed by atoms with E-state index in [2.05, 4.69) is 29.1 Å². The first kappa shape index (κ1) is 12.2. The molecule has 0 saturated heterocycles. The van der Waals surface area contributed by atoms with E-state index in [1.165, 1.54) is 0 Å². The topological polar surface area (TPSA) is 37.8 Å². The Morgan fingerprint density at radius 2 is 2.00 bits per heavy atom. The van der Waals surface area contributed by atoms with Gasteiger partial charge in [0.05, 0.1) is 0 Å². The second-order valence-electron chi connectivity index (χ2n) is 3.93. The molecule has 1 rings (SSSR count). The number of rotatable bonds is 4. The molecule has 0 aliphatic rings. The highest BCUT2D eigenvalue weighted by molar-refractivity contribution is 6.30. The van der Waals surface area contributed by atoms with Crippen LogP contribution in [-0.2, 0) is 0 Å². The summed E-state index contributed by atoms with van der Waals surface area (Å²) in [5.41, 5.74) is 0.922. The zero-order valence-corrected chi connectivity index (χ0v) is 10.5. The van der Waals surface area contributed by atoms with Crippen LogP contribution in [0.3, 0.4) is 0 Å². The average molecular weight is 228 g/mol. The van der Waals surface area contributed by atoms with Crippen LogP contribution >= 0.6 is 11.6 Å². The summed E-state index contributed by atoms with van der Waals surface area (Å²) in [5, 5.41) is 3.85. The quantitative estimate of drug-likeness (QED) is 0.803. The molecule has 0 amide bonds. The molecule has 1 atom stereocenters. The van der Waals surface area contributed by atoms with Gasteiger partial charge in [-0.2, -0.15) is 0 Å². The predicted molar refractivity (Wildman–Crippen MR) is 64.5 cm³/mol. The molecule has 15 heavy (non-hydrogen) atoms. The van der Waals surface area contributed by atoms with Crippen molar-refractivity contribution in [1.29, 1.82) is 0 Å². The van der Waals surface area contributed by atoms with Crippen LogP contribution in [0, 0.1) is 19.8 Å². The lowest BCUT2D eigenvalue weighted by Gasteiger charge is -2.13. The van der Waals surface area contributed by atoms with Crippen LogP contribution in [0.1, 0.15) is 31.7 Å². The molecule has 0 fully saturated rings. The lowest BCUT2D eigenvalue weighted by atomic mass is 10.1. The molecule has 0 aliphatic heterocycles. The maximum absolute atomic E-state index is 5.98. The lowest BCUT2D eigenvalue weighted by molar-refractivity contribution is 0.592. The Hall–Kier alpha value is -0.830. The van der Waals surface area contributed by atoms with Crippen LogP contribution < -0.4 is 5.32 Å². The van der Waals surface area contributed by atoms with Gasteiger partial charge in [-0.1, -0.05) is 31.9 Å². The average Bonchev–Trinajstić information content (AvgIpc) is 2.20. The number of halogens is 1. The van der Waals surface area contributed by atoms with Crippen molar-refractivity contribution in [3.8, 4) is 0 Å². The van der Waals surface area contributed by atoms with E-state index < -0.39 is 0 Å². The van der Waals surface area contributed by atoms with Crippen LogP contribution in [0.25, 0.3) is 0 Å². The molecule has 3 nitrogen and oxygen atoms in total. The van der Waals surface area contributed by atoms with Gasteiger partial charge >= 0.3 is 0 Å². The van der Waals surface area contributed by atoms with Gasteiger partial charge in [-0.05, 0) is 19.8 Å². The van der Waals surface area contributed by atoms with Crippen LogP contribution in [0.4, 0.5) is 5.82 Å². The fourth-order valence-electron chi connectivity index (χ4n) is 1.18. The molecule has 1 aromatic heterocycles. The molecule has 1 aromatic rings. The fraction of sp³-hybridized carbons (Fsp3) is 0.636. The molecule has 84 valence electrons. The highest BCUT2D eigenvalue weighted by Gasteiger charge is 2.07. The first-order valence-electron chi connectivity index (χ1n) is 5.29. The van der Waals surface area contributed by atoms with Crippen molar-refractivity contribution in [2.45, 2.75) is 34.1 Å². The van der Waals surface area contributed by atoms with Crippen molar-refractivity contribution in [2.24, 2.45) is 5.92 Å². The van der Waals surface area contributed by atoms with Gasteiger partial charge in [-0.25, -0.2) is 9.97 Å². The monoisotopic (exact) mass is 227 g/mol. The van der Waals surface area contributed by atoms with E-state index >= 15 is 0 Å². The Morgan fingerprint density at radius 3 is 2.60 bits per heavy atom. The van der Waals surface area contributed by atoms with Crippen molar-refractivity contribution in [2.75, 3.05) is 11.9 Å². The summed E-state index contributed by atoms with van der Waals surface area (Å²) in [7, 11) is 0. The molecular formula is C11H18ClN3. The van der Waals surface area contributed by atoms with Crippen molar-refractivity contribution in [1.82, 2.24) is 9.97 Å². The van der Waals surface area contributed by atoms with Crippen molar-refractivity contribution in [3.63, 3.8) is 0 Å². The predicted octanol–water partition coefficient (Wildman–Crippen LogP) is 3.20. The van der Waals surface area contributed by atoms with Gasteiger partial charge in [0, 0.05) is 12.1 Å². The summed E-state index contributed by atoms with van der Waals surface area (Å²) in [6.07, 6.45) is 1.16. The van der Waals surface area contributed by atoms with Gasteiger partial charge in [0.25, 0.3) is 0 Å². The molecule has 0 bridgehead atoms. The summed E-state index contributed by atoms with van der Waals surface area (Å²) in [6.45, 7) is 9.08. The van der Waals surface area contributed by atoms with Gasteiger partial charge in [0.2, 0.25) is 0 Å². The number of nitrogens with one attached hydrogen (secondary N) is 1. The van der Waals surface area contributed by atoms with E-state index in [-0.39, 0.29) is 0 Å². The van der Waals surface area contributed by atoms with Gasteiger partial charge in [0.1, 0.15) is 16.8 Å². The summed E-state index contributed by atoms with van der Waals surface area (Å²) >= 11 is 5.98. The molecule has 0 spiro atoms. The Labute approximate surface area is 96.3 Å². The first-order chi connectivity index (χ1) is 7.04. The van der Waals surface area contributed by atoms with E-state index in [0.29, 0.717) is 16.9 Å². The van der Waals surface area contributed by atoms with Gasteiger partial charge in [-0.15, -0.1) is 0 Å². The van der Waals surface area contributed by atoms with Crippen molar-refractivity contribution < 1.29 is 0 Å². The zero-order valence-electron chi connectivity index (χ0n) is 9.76. The van der Waals surface area contributed by atoms with Crippen LogP contribution in [0.15, 0.2) is 0 Å². The standard InChI is InChI=1S/C11H18ClN3/c1-5-7(2)6-13-11-8(3)10(12)14-9(4)15-11/h7H,5-6H2,1-4H3,(H,13,14,15). The number of hydrogen-bond acceptors (Lipinski definition) is 3. The number of hydrogen-bond donors (Lipinski definition) is 1. The SMILES string of the molecule is CCC(C)CNc1nc(C)nc(Cl)c1C. The summed E-state index contributed by atoms with van der Waals surface area (Å²) < 4.78 is 0. The smallest absolute Gasteiger partial charge is 0.137 e. The molecule has 1 heterocycles. The third-order valence-electron chi connectivity index (χ3n) is 2.51. The molecular weight excluding hydrogens is 210 g/mol. The van der Waals surface area contributed by atoms with Crippen molar-refractivity contribution >= 4 is 17.4 Å². The maximum atomic E-state index is 5.98. The van der Waals surface area contributed by atoms with Crippen LogP contribution in [0.5, 0.6) is 0 Å². The van der Waals surface area contributed by atoms with Crippen LogP contribution in [-0.4, -0.2) is 16.5 Å². The largest absolute Gasteiger partial charge is 0.369 e. The Morgan fingerprint density at radius 1 is 1.33 bits per heavy atom. The highest BCUT2D eigenvalue weighted by atomic mass is 35.5. The zero-order chi connectivity index (χ0) is 11.4. The number of aromatic nitrogens is 2. The van der Waals surface area contributed by atoms with E-state index in [1.54, 1.807) is 0 Å². The molecule has 4 heteroatoms. The lowest BCUT2D eigenvalue weighted by Crippen LogP contribution is -2.13. The third-order valence-corrected chi connectivity index (χ3v) is 2.88. The Kier molecular flexibility index (Phi) is 4.33. The molecule has 0 aliphatic carbocycles. The minimum absolute atomic E-state index is 0.536. The van der Waals surface area contributed by atoms with Crippen molar-refractivity contribution in [3.05, 3.63) is 16.5 Å². The maximum Gasteiger partial charge on any atom is 0.137 e. The van der Waals surface area contributed by atoms with Crippen LogP contribution in [0.2, 0.25) is 5.15 Å². The van der Waals surface area contributed by atoms with E-state index in [4.69, 9.17) is 11.6 Å². The Bertz CT molecular complexity index is 339. The number of nitrogens with zero attached hydrogens (tertiary/aromatic N) is 2.